The highest BCUT2D eigenvalue weighted by atomic mass is 127. The number of nitrogens with one attached hydrogen (secondary N) is 2. The van der Waals surface area contributed by atoms with Crippen LogP contribution in [0.4, 0.5) is 9.18 Å². The monoisotopic (exact) mass is 874 g/mol. The Labute approximate surface area is 335 Å². The molecule has 0 aromatic heterocycles. The van der Waals surface area contributed by atoms with E-state index in [2.05, 4.69) is 24.5 Å². The number of hydrogen-bond acceptors (Lipinski definition) is 9. The first kappa shape index (κ1) is 40.9. The van der Waals surface area contributed by atoms with E-state index in [1.54, 1.807) is 52.0 Å². The number of amides is 5. The van der Waals surface area contributed by atoms with Gasteiger partial charge in [-0.3, -0.25) is 19.3 Å². The van der Waals surface area contributed by atoms with Crippen LogP contribution in [0, 0.1) is 26.6 Å². The van der Waals surface area contributed by atoms with E-state index >= 15 is 4.39 Å². The summed E-state index contributed by atoms with van der Waals surface area (Å²) in [5, 5.41) is 5.51. The lowest BCUT2D eigenvalue weighted by atomic mass is 9.43. The van der Waals surface area contributed by atoms with Crippen molar-refractivity contribution >= 4 is 59.4 Å². The molecule has 5 fully saturated rings. The lowest BCUT2D eigenvalue weighted by molar-refractivity contribution is -0.199. The number of nitrogens with zero attached hydrogens (tertiary/aromatic N) is 2. The van der Waals surface area contributed by atoms with Gasteiger partial charge in [0.25, 0.3) is 0 Å². The number of benzene rings is 2. The molecule has 296 valence electrons. The highest BCUT2D eigenvalue weighted by Gasteiger charge is 2.68. The van der Waals surface area contributed by atoms with Crippen LogP contribution in [0.15, 0.2) is 36.4 Å². The molecule has 5 aliphatic rings. The fraction of sp³-hybridized carbons (Fsp3) is 0.564. The summed E-state index contributed by atoms with van der Waals surface area (Å²) in [4.78, 5) is 69.2. The van der Waals surface area contributed by atoms with Gasteiger partial charge in [0.15, 0.2) is 0 Å². The number of rotatable bonds is 10. The molecule has 2 unspecified atom stereocenters. The van der Waals surface area contributed by atoms with Gasteiger partial charge < -0.3 is 34.3 Å². The van der Waals surface area contributed by atoms with Crippen molar-refractivity contribution in [1.82, 2.24) is 20.4 Å². The zero-order valence-corrected chi connectivity index (χ0v) is 34.7. The Bertz CT molecular complexity index is 1890. The van der Waals surface area contributed by atoms with Gasteiger partial charge in [0.2, 0.25) is 5.91 Å². The van der Waals surface area contributed by atoms with Crippen LogP contribution in [0.25, 0.3) is 0 Å². The number of imide groups is 1. The third-order valence-electron chi connectivity index (χ3n) is 11.7. The average Bonchev–Trinajstić information content (AvgIpc) is 3.48. The summed E-state index contributed by atoms with van der Waals surface area (Å²) in [5.74, 6) is -4.11. The maximum Gasteiger partial charge on any atom is 0.482 e. The normalized spacial score (nSPS) is 25.4. The zero-order chi connectivity index (χ0) is 40.2. The number of piperazine rings is 1. The van der Waals surface area contributed by atoms with E-state index in [1.165, 1.54) is 24.1 Å². The van der Waals surface area contributed by atoms with Crippen LogP contribution >= 0.6 is 22.6 Å². The molecule has 6 atom stereocenters. The molecule has 2 saturated heterocycles. The Morgan fingerprint density at radius 2 is 1.80 bits per heavy atom. The summed E-state index contributed by atoms with van der Waals surface area (Å²) in [6, 6.07) is 6.58. The largest absolute Gasteiger partial charge is 0.496 e. The van der Waals surface area contributed by atoms with Crippen LogP contribution in [-0.4, -0.2) is 96.6 Å². The molecule has 3 aliphatic carbocycles. The standard InChI is InChI=1S/C39H49BFIN4O9/c1-9-45-15-16-46(34(49)33(45)48)36(51)44-30(24-14-13-23(42)20-26(24)41)32(47)43-29(40-54-28-19-22-18-27(38(22,5)6)39(28,7)55-40)17-21-11-10-12-25(31(21)52-8)35(50)53-37(2,3)4/h10-14,20,22,27-30H,9,15-19H2,1-8H3,(H,43,47)(H,44,51)/t22-,27-,28+,29?,30?,39-/m0/s1. The van der Waals surface area contributed by atoms with E-state index in [0.29, 0.717) is 15.1 Å². The number of esters is 1. The number of ether oxygens (including phenoxy) is 2. The second-order valence-electron chi connectivity index (χ2n) is 16.5. The van der Waals surface area contributed by atoms with Gasteiger partial charge in [-0.2, -0.15) is 0 Å². The Hall–Kier alpha value is -3.77. The number of halogens is 2. The lowest BCUT2D eigenvalue weighted by Gasteiger charge is -2.64. The number of methoxy groups -OCH3 is 1. The van der Waals surface area contributed by atoms with Gasteiger partial charge in [-0.15, -0.1) is 0 Å². The second kappa shape index (κ2) is 15.3. The molecule has 13 nitrogen and oxygen atoms in total. The van der Waals surface area contributed by atoms with Crippen LogP contribution in [0.1, 0.15) is 88.8 Å². The molecule has 55 heavy (non-hydrogen) atoms. The molecule has 7 rings (SSSR count). The molecule has 0 radical (unpaired) electrons. The molecule has 3 saturated carbocycles. The molecule has 5 amide bonds. The van der Waals surface area contributed by atoms with E-state index in [1.807, 2.05) is 29.5 Å². The number of carbonyl (C=O) groups is 5. The van der Waals surface area contributed by atoms with E-state index < -0.39 is 65.8 Å². The number of urea groups is 1. The van der Waals surface area contributed by atoms with Gasteiger partial charge >= 0.3 is 30.9 Å². The maximum atomic E-state index is 15.7. The highest BCUT2D eigenvalue weighted by Crippen LogP contribution is 2.65. The lowest BCUT2D eigenvalue weighted by Crippen LogP contribution is -2.65. The van der Waals surface area contributed by atoms with Gasteiger partial charge in [0, 0.05) is 28.8 Å². The summed E-state index contributed by atoms with van der Waals surface area (Å²) < 4.78 is 41.1. The van der Waals surface area contributed by atoms with E-state index in [0.717, 1.165) is 17.7 Å². The van der Waals surface area contributed by atoms with E-state index in [9.17, 15) is 24.0 Å². The third-order valence-corrected chi connectivity index (χ3v) is 12.4. The summed E-state index contributed by atoms with van der Waals surface area (Å²) in [7, 11) is 0.453. The van der Waals surface area contributed by atoms with Gasteiger partial charge in [-0.05, 0) is 117 Å². The number of likely N-dealkylation sites (N-methyl/N-ethyl adjacent to an activating group) is 1. The van der Waals surface area contributed by atoms with Crippen LogP contribution in [0.3, 0.4) is 0 Å². The van der Waals surface area contributed by atoms with Gasteiger partial charge in [-0.25, -0.2) is 14.0 Å². The molecule has 2 aromatic carbocycles. The molecule has 0 spiro atoms. The minimum absolute atomic E-state index is 0.0341. The van der Waals surface area contributed by atoms with Crippen LogP contribution in [0.2, 0.25) is 0 Å². The minimum Gasteiger partial charge on any atom is -0.496 e. The Balaban J connectivity index is 1.35. The Kier molecular flexibility index (Phi) is 11.4. The Morgan fingerprint density at radius 1 is 1.07 bits per heavy atom. The molecule has 16 heteroatoms. The molecule has 2 N–H and O–H groups in total. The molecule has 2 heterocycles. The first-order valence-electron chi connectivity index (χ1n) is 18.7. The highest BCUT2D eigenvalue weighted by molar-refractivity contribution is 14.1. The summed E-state index contributed by atoms with van der Waals surface area (Å²) in [5.41, 5.74) is -0.829. The molecule has 2 aliphatic heterocycles. The van der Waals surface area contributed by atoms with Crippen molar-refractivity contribution in [1.29, 1.82) is 0 Å². The number of carbonyl (C=O) groups excluding carboxylic acids is 5. The van der Waals surface area contributed by atoms with Crippen LogP contribution in [-0.2, 0) is 34.9 Å². The van der Waals surface area contributed by atoms with Crippen molar-refractivity contribution in [3.05, 3.63) is 62.5 Å². The third kappa shape index (κ3) is 7.82. The summed E-state index contributed by atoms with van der Waals surface area (Å²) in [6.45, 7) is 13.8. The molecule has 2 bridgehead atoms. The fourth-order valence-corrected chi connectivity index (χ4v) is 9.11. The quantitative estimate of drug-likeness (QED) is 0.148. The SMILES string of the molecule is CCN1CCN(C(=O)NC(C(=O)NC(Cc2cccc(C(=O)OC(C)(C)C)c2OC)B2O[C@@H]3C[C@@H]4C[C@@H](C4(C)C)[C@]3(C)O2)c2ccc(I)cc2F)C(=O)C1=O. The number of hydrogen-bond donors (Lipinski definition) is 2. The van der Waals surface area contributed by atoms with Crippen molar-refractivity contribution in [2.45, 2.75) is 97.0 Å². The first-order chi connectivity index (χ1) is 25.8. The van der Waals surface area contributed by atoms with Crippen LogP contribution < -0.4 is 15.4 Å². The first-order valence-corrected chi connectivity index (χ1v) is 19.8. The van der Waals surface area contributed by atoms with Crippen molar-refractivity contribution in [2.75, 3.05) is 26.7 Å². The van der Waals surface area contributed by atoms with Gasteiger partial charge in [0.05, 0.1) is 24.8 Å². The van der Waals surface area contributed by atoms with Crippen LogP contribution in [0.5, 0.6) is 5.75 Å². The predicted octanol–water partition coefficient (Wildman–Crippen LogP) is 4.83. The smallest absolute Gasteiger partial charge is 0.482 e. The average molecular weight is 875 g/mol. The second-order valence-corrected chi connectivity index (χ2v) is 17.8. The van der Waals surface area contributed by atoms with Crippen molar-refractivity contribution in [2.24, 2.45) is 17.3 Å². The fourth-order valence-electron chi connectivity index (χ4n) is 8.66. The van der Waals surface area contributed by atoms with Crippen molar-refractivity contribution < 1.29 is 47.1 Å². The minimum atomic E-state index is -1.64. The number of para-hydroxylation sites is 1. The predicted molar refractivity (Wildman–Crippen MR) is 208 cm³/mol. The van der Waals surface area contributed by atoms with E-state index in [4.69, 9.17) is 18.8 Å². The van der Waals surface area contributed by atoms with Gasteiger partial charge in [0.1, 0.15) is 28.8 Å². The van der Waals surface area contributed by atoms with Gasteiger partial charge in [-0.1, -0.05) is 32.0 Å². The van der Waals surface area contributed by atoms with Crippen molar-refractivity contribution in [3.8, 4) is 5.75 Å². The molecular formula is C39H49BFIN4O9. The molecule has 2 aromatic rings. The Morgan fingerprint density at radius 3 is 2.44 bits per heavy atom. The summed E-state index contributed by atoms with van der Waals surface area (Å²) in [6.07, 6.45) is 1.56. The van der Waals surface area contributed by atoms with E-state index in [-0.39, 0.29) is 60.4 Å². The topological polar surface area (TPSA) is 153 Å². The zero-order valence-electron chi connectivity index (χ0n) is 32.5. The summed E-state index contributed by atoms with van der Waals surface area (Å²) >= 11 is 1.94. The maximum absolute atomic E-state index is 15.7. The molecular weight excluding hydrogens is 825 g/mol. The van der Waals surface area contributed by atoms with Crippen molar-refractivity contribution in [3.63, 3.8) is 0 Å².